The quantitative estimate of drug-likeness (QED) is 0.565. The molecule has 0 unspecified atom stereocenters. The van der Waals surface area contributed by atoms with Gasteiger partial charge in [-0.3, -0.25) is 9.79 Å². The monoisotopic (exact) mass is 392 g/mol. The number of amides is 1. The largest absolute Gasteiger partial charge is 0.478 e. The number of hydrogen-bond donors (Lipinski definition) is 4. The minimum Gasteiger partial charge on any atom is -0.478 e. The number of benzene rings is 2. The van der Waals surface area contributed by atoms with Crippen molar-refractivity contribution in [1.29, 1.82) is 0 Å². The number of carbonyl (C=O) groups is 2. The summed E-state index contributed by atoms with van der Waals surface area (Å²) in [5, 5.41) is 18.1. The van der Waals surface area contributed by atoms with Crippen LogP contribution in [0.25, 0.3) is 6.08 Å². The predicted octanol–water partition coefficient (Wildman–Crippen LogP) is 3.36. The standard InChI is InChI=1S/C22H24N4O3/c1-2-16-13-15(8-10-20(27)28)7-9-19(16)26-21(29)17-5-3-6-18(14-17)25-22-23-11-4-12-24-22/h3,5-10,13-14H,2,4,11-12H2,1H3,(H,26,29)(H,27,28)(H2,23,24,25)/b10-8+. The molecule has 0 aliphatic carbocycles. The molecule has 0 atom stereocenters. The number of nitrogens with zero attached hydrogens (tertiary/aromatic N) is 1. The molecule has 1 aliphatic heterocycles. The molecule has 150 valence electrons. The first kappa shape index (κ1) is 20.1. The van der Waals surface area contributed by atoms with Gasteiger partial charge in [0.1, 0.15) is 0 Å². The number of aliphatic carboxylic acids is 1. The lowest BCUT2D eigenvalue weighted by Crippen LogP contribution is -2.35. The normalized spacial score (nSPS) is 13.5. The van der Waals surface area contributed by atoms with Crippen LogP contribution in [0.5, 0.6) is 0 Å². The number of hydrogen-bond acceptors (Lipinski definition) is 5. The summed E-state index contributed by atoms with van der Waals surface area (Å²) in [4.78, 5) is 27.8. The molecule has 2 aromatic rings. The molecule has 1 heterocycles. The van der Waals surface area contributed by atoms with Gasteiger partial charge in [-0.1, -0.05) is 19.1 Å². The number of carbonyl (C=O) groups excluding carboxylic acids is 1. The summed E-state index contributed by atoms with van der Waals surface area (Å²) >= 11 is 0. The van der Waals surface area contributed by atoms with Gasteiger partial charge in [0, 0.05) is 36.1 Å². The zero-order chi connectivity index (χ0) is 20.6. The van der Waals surface area contributed by atoms with Crippen LogP contribution < -0.4 is 16.0 Å². The smallest absolute Gasteiger partial charge is 0.328 e. The summed E-state index contributed by atoms with van der Waals surface area (Å²) in [6.07, 6.45) is 4.34. The molecule has 1 amide bonds. The Kier molecular flexibility index (Phi) is 6.63. The summed E-state index contributed by atoms with van der Waals surface area (Å²) in [5.41, 5.74) is 3.73. The van der Waals surface area contributed by atoms with Crippen molar-refractivity contribution in [3.63, 3.8) is 0 Å². The van der Waals surface area contributed by atoms with Gasteiger partial charge in [-0.05, 0) is 60.4 Å². The Morgan fingerprint density at radius 2 is 2.10 bits per heavy atom. The van der Waals surface area contributed by atoms with Crippen LogP contribution in [-0.2, 0) is 11.2 Å². The number of rotatable bonds is 6. The van der Waals surface area contributed by atoms with Crippen LogP contribution in [-0.4, -0.2) is 36.0 Å². The molecule has 1 aliphatic rings. The number of aliphatic imine (C=N–C) groups is 1. The summed E-state index contributed by atoms with van der Waals surface area (Å²) in [7, 11) is 0. The van der Waals surface area contributed by atoms with Crippen LogP contribution in [0.1, 0.15) is 34.8 Å². The fraction of sp³-hybridized carbons (Fsp3) is 0.227. The van der Waals surface area contributed by atoms with Crippen molar-refractivity contribution in [2.45, 2.75) is 19.8 Å². The number of carboxylic acids is 1. The summed E-state index contributed by atoms with van der Waals surface area (Å²) < 4.78 is 0. The van der Waals surface area contributed by atoms with Crippen molar-refractivity contribution in [2.24, 2.45) is 4.99 Å². The average Bonchev–Trinajstić information content (AvgIpc) is 2.73. The average molecular weight is 392 g/mol. The van der Waals surface area contributed by atoms with E-state index in [2.05, 4.69) is 20.9 Å². The second-order valence-corrected chi connectivity index (χ2v) is 6.61. The van der Waals surface area contributed by atoms with E-state index in [4.69, 9.17) is 5.11 Å². The van der Waals surface area contributed by atoms with E-state index in [0.717, 1.165) is 42.4 Å². The first-order chi connectivity index (χ1) is 14.0. The number of anilines is 2. The Bertz CT molecular complexity index is 966. The van der Waals surface area contributed by atoms with Crippen LogP contribution in [0.15, 0.2) is 53.5 Å². The molecule has 0 bridgehead atoms. The molecule has 0 radical (unpaired) electrons. The SMILES string of the molecule is CCc1cc(/C=C/C(=O)O)ccc1NC(=O)c1cccc(NC2=NCCCN2)c1. The van der Waals surface area contributed by atoms with E-state index in [-0.39, 0.29) is 5.91 Å². The van der Waals surface area contributed by atoms with Gasteiger partial charge in [0.15, 0.2) is 5.96 Å². The number of aryl methyl sites for hydroxylation is 1. The third kappa shape index (κ3) is 5.68. The molecular formula is C22H24N4O3. The fourth-order valence-corrected chi connectivity index (χ4v) is 2.99. The lowest BCUT2D eigenvalue weighted by atomic mass is 10.1. The summed E-state index contributed by atoms with van der Waals surface area (Å²) in [6, 6.07) is 12.7. The molecule has 2 aromatic carbocycles. The van der Waals surface area contributed by atoms with Crippen LogP contribution in [0.2, 0.25) is 0 Å². The number of guanidine groups is 1. The van der Waals surface area contributed by atoms with Crippen molar-refractivity contribution in [3.05, 3.63) is 65.2 Å². The maximum Gasteiger partial charge on any atom is 0.328 e. The zero-order valence-corrected chi connectivity index (χ0v) is 16.2. The molecule has 4 N–H and O–H groups in total. The minimum atomic E-state index is -0.997. The van der Waals surface area contributed by atoms with Gasteiger partial charge in [-0.25, -0.2) is 4.79 Å². The highest BCUT2D eigenvalue weighted by Crippen LogP contribution is 2.21. The molecule has 0 saturated carbocycles. The van der Waals surface area contributed by atoms with E-state index in [9.17, 15) is 9.59 Å². The Balaban J connectivity index is 1.73. The Morgan fingerprint density at radius 1 is 1.24 bits per heavy atom. The third-order valence-electron chi connectivity index (χ3n) is 4.46. The topological polar surface area (TPSA) is 103 Å². The van der Waals surface area contributed by atoms with Crippen LogP contribution in [0.3, 0.4) is 0 Å². The highest BCUT2D eigenvalue weighted by molar-refractivity contribution is 6.06. The van der Waals surface area contributed by atoms with Crippen molar-refractivity contribution in [1.82, 2.24) is 5.32 Å². The lowest BCUT2D eigenvalue weighted by molar-refractivity contribution is -0.131. The summed E-state index contributed by atoms with van der Waals surface area (Å²) in [5.74, 6) is -0.494. The molecule has 7 nitrogen and oxygen atoms in total. The zero-order valence-electron chi connectivity index (χ0n) is 16.2. The number of carboxylic acid groups (broad SMARTS) is 1. The highest BCUT2D eigenvalue weighted by Gasteiger charge is 2.11. The second-order valence-electron chi connectivity index (χ2n) is 6.61. The lowest BCUT2D eigenvalue weighted by Gasteiger charge is -2.16. The van der Waals surface area contributed by atoms with Crippen LogP contribution in [0, 0.1) is 0 Å². The minimum absolute atomic E-state index is 0.212. The van der Waals surface area contributed by atoms with E-state index >= 15 is 0 Å². The molecule has 3 rings (SSSR count). The highest BCUT2D eigenvalue weighted by atomic mass is 16.4. The second kappa shape index (κ2) is 9.54. The van der Waals surface area contributed by atoms with Crippen molar-refractivity contribution in [3.8, 4) is 0 Å². The Morgan fingerprint density at radius 3 is 2.83 bits per heavy atom. The van der Waals surface area contributed by atoms with Crippen molar-refractivity contribution in [2.75, 3.05) is 23.7 Å². The van der Waals surface area contributed by atoms with E-state index in [1.807, 2.05) is 25.1 Å². The molecule has 29 heavy (non-hydrogen) atoms. The molecular weight excluding hydrogens is 368 g/mol. The van der Waals surface area contributed by atoms with Gasteiger partial charge >= 0.3 is 5.97 Å². The first-order valence-electron chi connectivity index (χ1n) is 9.56. The molecule has 0 fully saturated rings. The van der Waals surface area contributed by atoms with Crippen LogP contribution in [0.4, 0.5) is 11.4 Å². The van der Waals surface area contributed by atoms with E-state index in [1.54, 1.807) is 24.3 Å². The fourth-order valence-electron chi connectivity index (χ4n) is 2.99. The van der Waals surface area contributed by atoms with E-state index in [1.165, 1.54) is 6.08 Å². The Labute approximate surface area is 169 Å². The van der Waals surface area contributed by atoms with Gasteiger partial charge in [0.2, 0.25) is 0 Å². The third-order valence-corrected chi connectivity index (χ3v) is 4.46. The first-order valence-corrected chi connectivity index (χ1v) is 9.56. The van der Waals surface area contributed by atoms with Crippen molar-refractivity contribution < 1.29 is 14.7 Å². The van der Waals surface area contributed by atoms with E-state index in [0.29, 0.717) is 23.6 Å². The number of nitrogens with one attached hydrogen (secondary N) is 3. The molecule has 0 spiro atoms. The Hall–Kier alpha value is -3.61. The maximum absolute atomic E-state index is 12.8. The summed E-state index contributed by atoms with van der Waals surface area (Å²) in [6.45, 7) is 3.65. The van der Waals surface area contributed by atoms with Crippen LogP contribution >= 0.6 is 0 Å². The van der Waals surface area contributed by atoms with Gasteiger partial charge < -0.3 is 21.1 Å². The van der Waals surface area contributed by atoms with Gasteiger partial charge in [-0.15, -0.1) is 0 Å². The molecule has 0 saturated heterocycles. The van der Waals surface area contributed by atoms with Crippen molar-refractivity contribution >= 4 is 35.3 Å². The molecule has 7 heteroatoms. The maximum atomic E-state index is 12.8. The van der Waals surface area contributed by atoms with Gasteiger partial charge in [0.25, 0.3) is 5.91 Å². The van der Waals surface area contributed by atoms with Gasteiger partial charge in [-0.2, -0.15) is 0 Å². The molecule has 0 aromatic heterocycles. The predicted molar refractivity (Wildman–Crippen MR) is 115 cm³/mol. The van der Waals surface area contributed by atoms with Gasteiger partial charge in [0.05, 0.1) is 0 Å². The van der Waals surface area contributed by atoms with E-state index < -0.39 is 5.97 Å².